The van der Waals surface area contributed by atoms with E-state index in [1.165, 1.54) is 12.8 Å². The van der Waals surface area contributed by atoms with Crippen molar-refractivity contribution in [1.29, 1.82) is 0 Å². The molecule has 0 aliphatic rings. The van der Waals surface area contributed by atoms with Gasteiger partial charge in [-0.3, -0.25) is 0 Å². The lowest BCUT2D eigenvalue weighted by molar-refractivity contribution is 0.208. The van der Waals surface area contributed by atoms with Crippen LogP contribution in [0.1, 0.15) is 33.6 Å². The molecule has 0 bridgehead atoms. The first-order valence-electron chi connectivity index (χ1n) is 4.65. The average molecular weight is 302 g/mol. The highest BCUT2D eigenvalue weighted by Crippen LogP contribution is 2.24. The summed E-state index contributed by atoms with van der Waals surface area (Å²) in [7, 11) is 0. The van der Waals surface area contributed by atoms with Gasteiger partial charge in [0.1, 0.15) is 0 Å². The largest absolute Gasteiger partial charge is 0.407 e. The maximum atomic E-state index is 5.68. The zero-order valence-corrected chi connectivity index (χ0v) is 11.4. The van der Waals surface area contributed by atoms with Crippen molar-refractivity contribution < 1.29 is 8.85 Å². The Bertz CT molecular complexity index is 105. The van der Waals surface area contributed by atoms with Gasteiger partial charge in [0.2, 0.25) is 0 Å². The van der Waals surface area contributed by atoms with Crippen LogP contribution in [0.25, 0.3) is 0 Å². The highest BCUT2D eigenvalue weighted by atomic mass is 127. The summed E-state index contributed by atoms with van der Waals surface area (Å²) >= 11 is 2.39. The maximum Gasteiger partial charge on any atom is 0.407 e. The van der Waals surface area contributed by atoms with E-state index in [2.05, 4.69) is 28.7 Å². The predicted molar refractivity (Wildman–Crippen MR) is 62.7 cm³/mol. The van der Waals surface area contributed by atoms with Crippen LogP contribution in [0.2, 0.25) is 6.04 Å². The van der Waals surface area contributed by atoms with Gasteiger partial charge in [-0.25, -0.2) is 0 Å². The summed E-state index contributed by atoms with van der Waals surface area (Å²) in [5.41, 5.74) is 0. The van der Waals surface area contributed by atoms with Gasteiger partial charge in [0, 0.05) is 19.3 Å². The van der Waals surface area contributed by atoms with Crippen LogP contribution in [0.3, 0.4) is 0 Å². The number of unbranched alkanes of at least 4 members (excludes halogenated alkanes) is 1. The fraction of sp³-hybridized carbons (Fsp3) is 1.00. The Morgan fingerprint density at radius 3 is 1.92 bits per heavy atom. The van der Waals surface area contributed by atoms with Crippen LogP contribution in [0.4, 0.5) is 0 Å². The molecule has 0 saturated carbocycles. The minimum absolute atomic E-state index is 0.777. The first-order valence-corrected chi connectivity index (χ1v) is 9.79. The Labute approximate surface area is 89.5 Å². The standard InChI is InChI=1S/C8H19IO2Si/c1-4-7-8-12(9,10-5-2)11-6-3/h4-8H2,1-3H3. The van der Waals surface area contributed by atoms with Gasteiger partial charge < -0.3 is 8.85 Å². The number of halogens is 1. The maximum absolute atomic E-state index is 5.68. The Morgan fingerprint density at radius 1 is 1.08 bits per heavy atom. The van der Waals surface area contributed by atoms with Gasteiger partial charge in [0.05, 0.1) is 0 Å². The van der Waals surface area contributed by atoms with E-state index >= 15 is 0 Å². The van der Waals surface area contributed by atoms with E-state index in [1.807, 2.05) is 13.8 Å². The molecule has 0 fully saturated rings. The molecular weight excluding hydrogens is 283 g/mol. The molecule has 74 valence electrons. The SMILES string of the molecule is CCCC[Si](I)(OCC)OCC. The quantitative estimate of drug-likeness (QED) is 0.408. The molecule has 0 spiro atoms. The molecule has 0 amide bonds. The van der Waals surface area contributed by atoms with E-state index in [9.17, 15) is 0 Å². The predicted octanol–water partition coefficient (Wildman–Crippen LogP) is 3.23. The van der Waals surface area contributed by atoms with E-state index < -0.39 is 6.06 Å². The number of hydrogen-bond acceptors (Lipinski definition) is 2. The normalized spacial score (nSPS) is 12.0. The summed E-state index contributed by atoms with van der Waals surface area (Å²) in [6.07, 6.45) is 2.44. The molecule has 0 aromatic heterocycles. The highest BCUT2D eigenvalue weighted by Gasteiger charge is 2.32. The molecule has 0 saturated heterocycles. The lowest BCUT2D eigenvalue weighted by Crippen LogP contribution is -2.35. The minimum Gasteiger partial charge on any atom is -0.387 e. The Balaban J connectivity index is 3.80. The van der Waals surface area contributed by atoms with Crippen LogP contribution in [0.5, 0.6) is 0 Å². The number of hydrogen-bond donors (Lipinski definition) is 0. The van der Waals surface area contributed by atoms with Gasteiger partial charge >= 0.3 is 6.06 Å². The van der Waals surface area contributed by atoms with Gasteiger partial charge in [0.25, 0.3) is 0 Å². The van der Waals surface area contributed by atoms with Crippen LogP contribution in [-0.2, 0) is 8.85 Å². The Morgan fingerprint density at radius 2 is 1.58 bits per heavy atom. The lowest BCUT2D eigenvalue weighted by atomic mass is 10.4. The highest BCUT2D eigenvalue weighted by molar-refractivity contribution is 14.1. The summed E-state index contributed by atoms with van der Waals surface area (Å²) in [6.45, 7) is 7.82. The second kappa shape index (κ2) is 7.29. The topological polar surface area (TPSA) is 18.5 Å². The number of rotatable bonds is 7. The molecule has 0 N–H and O–H groups in total. The fourth-order valence-corrected chi connectivity index (χ4v) is 6.03. The van der Waals surface area contributed by atoms with Gasteiger partial charge in [0.15, 0.2) is 0 Å². The molecule has 0 heterocycles. The Hall–Kier alpha value is 0.867. The van der Waals surface area contributed by atoms with Crippen molar-refractivity contribution in [3.8, 4) is 0 Å². The first-order chi connectivity index (χ1) is 5.68. The van der Waals surface area contributed by atoms with E-state index in [0.717, 1.165) is 19.3 Å². The molecule has 2 nitrogen and oxygen atoms in total. The summed E-state index contributed by atoms with van der Waals surface area (Å²) in [6, 6.07) is -0.684. The van der Waals surface area contributed by atoms with Crippen LogP contribution in [-0.4, -0.2) is 19.3 Å². The summed E-state index contributed by atoms with van der Waals surface area (Å²) < 4.78 is 11.4. The summed E-state index contributed by atoms with van der Waals surface area (Å²) in [5.74, 6) is 0. The molecule has 0 aliphatic carbocycles. The summed E-state index contributed by atoms with van der Waals surface area (Å²) in [4.78, 5) is 0. The second-order valence-corrected chi connectivity index (χ2v) is 9.96. The van der Waals surface area contributed by atoms with Gasteiger partial charge in [-0.1, -0.05) is 19.8 Å². The third-order valence-electron chi connectivity index (χ3n) is 1.55. The molecule has 0 unspecified atom stereocenters. The monoisotopic (exact) mass is 302 g/mol. The van der Waals surface area contributed by atoms with Gasteiger partial charge in [-0.15, -0.1) is 0 Å². The Kier molecular flexibility index (Phi) is 7.81. The van der Waals surface area contributed by atoms with E-state index in [-0.39, 0.29) is 0 Å². The summed E-state index contributed by atoms with van der Waals surface area (Å²) in [5, 5.41) is 0. The first kappa shape index (κ1) is 12.9. The zero-order chi connectivity index (χ0) is 9.45. The van der Waals surface area contributed by atoms with Gasteiger partial charge in [-0.05, 0) is 35.6 Å². The molecule has 0 atom stereocenters. The smallest absolute Gasteiger partial charge is 0.387 e. The molecule has 12 heavy (non-hydrogen) atoms. The molecule has 0 aliphatic heterocycles. The minimum atomic E-state index is -1.80. The van der Waals surface area contributed by atoms with Crippen LogP contribution in [0.15, 0.2) is 0 Å². The van der Waals surface area contributed by atoms with Crippen molar-refractivity contribution in [1.82, 2.24) is 0 Å². The molecular formula is C8H19IO2Si. The molecule has 0 aromatic rings. The van der Waals surface area contributed by atoms with Crippen molar-refractivity contribution >= 4 is 27.9 Å². The molecule has 0 radical (unpaired) electrons. The third kappa shape index (κ3) is 5.50. The average Bonchev–Trinajstić information content (AvgIpc) is 2.02. The van der Waals surface area contributed by atoms with Crippen LogP contribution in [0, 0.1) is 0 Å². The van der Waals surface area contributed by atoms with Crippen LogP contribution < -0.4 is 0 Å². The van der Waals surface area contributed by atoms with E-state index in [1.54, 1.807) is 0 Å². The van der Waals surface area contributed by atoms with Crippen molar-refractivity contribution in [2.75, 3.05) is 13.2 Å². The van der Waals surface area contributed by atoms with Crippen molar-refractivity contribution in [3.05, 3.63) is 0 Å². The molecule has 0 rings (SSSR count). The third-order valence-corrected chi connectivity index (χ3v) is 7.43. The van der Waals surface area contributed by atoms with Crippen LogP contribution >= 0.6 is 21.8 Å². The van der Waals surface area contributed by atoms with Crippen molar-refractivity contribution in [2.24, 2.45) is 0 Å². The van der Waals surface area contributed by atoms with Gasteiger partial charge in [-0.2, -0.15) is 0 Å². The van der Waals surface area contributed by atoms with Crippen molar-refractivity contribution in [2.45, 2.75) is 39.7 Å². The van der Waals surface area contributed by atoms with E-state index in [0.29, 0.717) is 0 Å². The zero-order valence-electron chi connectivity index (χ0n) is 8.23. The molecule has 4 heteroatoms. The van der Waals surface area contributed by atoms with E-state index in [4.69, 9.17) is 8.85 Å². The lowest BCUT2D eigenvalue weighted by Gasteiger charge is -2.23. The fourth-order valence-electron chi connectivity index (χ4n) is 1.01. The van der Waals surface area contributed by atoms with Crippen molar-refractivity contribution in [3.63, 3.8) is 0 Å². The second-order valence-electron chi connectivity index (χ2n) is 2.63. The molecule has 0 aromatic carbocycles.